The fraction of sp³-hybridized carbons (Fsp3) is 0.500. The molecule has 0 aliphatic carbocycles. The minimum Gasteiger partial charge on any atom is -0.311 e. The lowest BCUT2D eigenvalue weighted by atomic mass is 10.0. The normalized spacial score (nSPS) is 22.3. The fourth-order valence-corrected chi connectivity index (χ4v) is 2.32. The average molecular weight is 246 g/mol. The zero-order valence-electron chi connectivity index (χ0n) is 8.85. The van der Waals surface area contributed by atoms with Crippen molar-refractivity contribution in [3.05, 3.63) is 34.6 Å². The standard InChI is InChI=1S/C12H14ClF2N/c13-9-3-1-4-10(14)8(9)7-11(15)12-5-2-6-16-12/h1,3-4,11-12,16H,2,5-7H2. The van der Waals surface area contributed by atoms with E-state index in [1.54, 1.807) is 6.07 Å². The van der Waals surface area contributed by atoms with Crippen molar-refractivity contribution in [1.29, 1.82) is 0 Å². The molecule has 2 atom stereocenters. The summed E-state index contributed by atoms with van der Waals surface area (Å²) in [7, 11) is 0. The van der Waals surface area contributed by atoms with Crippen LogP contribution in [0, 0.1) is 5.82 Å². The predicted molar refractivity (Wildman–Crippen MR) is 61.0 cm³/mol. The van der Waals surface area contributed by atoms with E-state index in [4.69, 9.17) is 11.6 Å². The molecule has 1 N–H and O–H groups in total. The Hall–Kier alpha value is -0.670. The van der Waals surface area contributed by atoms with Gasteiger partial charge < -0.3 is 5.32 Å². The van der Waals surface area contributed by atoms with Crippen molar-refractivity contribution < 1.29 is 8.78 Å². The lowest BCUT2D eigenvalue weighted by Crippen LogP contribution is -2.33. The highest BCUT2D eigenvalue weighted by atomic mass is 35.5. The molecule has 1 nitrogen and oxygen atoms in total. The van der Waals surface area contributed by atoms with E-state index in [1.807, 2.05) is 0 Å². The summed E-state index contributed by atoms with van der Waals surface area (Å²) in [6, 6.07) is 4.28. The van der Waals surface area contributed by atoms with Crippen LogP contribution in [0.25, 0.3) is 0 Å². The number of alkyl halides is 1. The van der Waals surface area contributed by atoms with E-state index in [2.05, 4.69) is 5.32 Å². The molecule has 4 heteroatoms. The first-order chi connectivity index (χ1) is 7.68. The monoisotopic (exact) mass is 245 g/mol. The van der Waals surface area contributed by atoms with Crippen LogP contribution in [0.1, 0.15) is 18.4 Å². The molecular weight excluding hydrogens is 232 g/mol. The molecule has 1 aromatic carbocycles. The molecule has 0 spiro atoms. The van der Waals surface area contributed by atoms with Gasteiger partial charge in [0, 0.05) is 23.0 Å². The second kappa shape index (κ2) is 5.11. The van der Waals surface area contributed by atoms with Gasteiger partial charge in [0.1, 0.15) is 12.0 Å². The van der Waals surface area contributed by atoms with Gasteiger partial charge in [-0.3, -0.25) is 0 Å². The molecule has 0 radical (unpaired) electrons. The van der Waals surface area contributed by atoms with Crippen molar-refractivity contribution in [2.45, 2.75) is 31.5 Å². The molecule has 1 fully saturated rings. The Balaban J connectivity index is 2.07. The molecule has 88 valence electrons. The van der Waals surface area contributed by atoms with Crippen molar-refractivity contribution in [3.63, 3.8) is 0 Å². The van der Waals surface area contributed by atoms with Crippen LogP contribution in [-0.4, -0.2) is 18.8 Å². The van der Waals surface area contributed by atoms with Crippen molar-refractivity contribution in [3.8, 4) is 0 Å². The number of rotatable bonds is 3. The Morgan fingerprint density at radius 1 is 1.50 bits per heavy atom. The third-order valence-corrected chi connectivity index (χ3v) is 3.35. The quantitative estimate of drug-likeness (QED) is 0.863. The highest BCUT2D eigenvalue weighted by Crippen LogP contribution is 2.24. The van der Waals surface area contributed by atoms with Crippen molar-refractivity contribution in [2.24, 2.45) is 0 Å². The Bertz CT molecular complexity index is 344. The molecule has 2 unspecified atom stereocenters. The molecule has 1 aliphatic rings. The topological polar surface area (TPSA) is 12.0 Å². The van der Waals surface area contributed by atoms with Crippen LogP contribution >= 0.6 is 11.6 Å². The largest absolute Gasteiger partial charge is 0.311 e. The average Bonchev–Trinajstić information content (AvgIpc) is 2.76. The van der Waals surface area contributed by atoms with E-state index >= 15 is 0 Å². The summed E-state index contributed by atoms with van der Waals surface area (Å²) in [5.74, 6) is -0.423. The molecule has 1 aliphatic heterocycles. The molecule has 16 heavy (non-hydrogen) atoms. The molecule has 1 aromatic rings. The van der Waals surface area contributed by atoms with Gasteiger partial charge >= 0.3 is 0 Å². The SMILES string of the molecule is Fc1cccc(Cl)c1CC(F)C1CCCN1. The van der Waals surface area contributed by atoms with Gasteiger partial charge in [-0.1, -0.05) is 17.7 Å². The van der Waals surface area contributed by atoms with E-state index < -0.39 is 12.0 Å². The first kappa shape index (κ1) is 11.8. The maximum absolute atomic E-state index is 13.9. The highest BCUT2D eigenvalue weighted by Gasteiger charge is 2.25. The van der Waals surface area contributed by atoms with Gasteiger partial charge in [0.05, 0.1) is 0 Å². The Morgan fingerprint density at radius 3 is 2.94 bits per heavy atom. The number of benzene rings is 1. The van der Waals surface area contributed by atoms with Gasteiger partial charge in [0.2, 0.25) is 0 Å². The smallest absolute Gasteiger partial charge is 0.127 e. The third kappa shape index (κ3) is 2.53. The van der Waals surface area contributed by atoms with Gasteiger partial charge in [0.25, 0.3) is 0 Å². The zero-order valence-corrected chi connectivity index (χ0v) is 9.61. The second-order valence-electron chi connectivity index (χ2n) is 4.12. The maximum Gasteiger partial charge on any atom is 0.127 e. The van der Waals surface area contributed by atoms with Crippen molar-refractivity contribution >= 4 is 11.6 Å². The van der Waals surface area contributed by atoms with Crippen LogP contribution in [0.3, 0.4) is 0 Å². The number of hydrogen-bond donors (Lipinski definition) is 1. The van der Waals surface area contributed by atoms with E-state index in [1.165, 1.54) is 12.1 Å². The first-order valence-corrected chi connectivity index (χ1v) is 5.86. The van der Waals surface area contributed by atoms with Gasteiger partial charge in [-0.05, 0) is 31.5 Å². The van der Waals surface area contributed by atoms with E-state index in [0.29, 0.717) is 5.02 Å². The molecule has 1 saturated heterocycles. The molecule has 0 saturated carbocycles. The third-order valence-electron chi connectivity index (χ3n) is 3.00. The van der Waals surface area contributed by atoms with Crippen LogP contribution in [0.5, 0.6) is 0 Å². The zero-order chi connectivity index (χ0) is 11.5. The second-order valence-corrected chi connectivity index (χ2v) is 4.53. The van der Waals surface area contributed by atoms with Gasteiger partial charge in [0.15, 0.2) is 0 Å². The van der Waals surface area contributed by atoms with Gasteiger partial charge in [-0.25, -0.2) is 8.78 Å². The van der Waals surface area contributed by atoms with Crippen LogP contribution < -0.4 is 5.32 Å². The molecule has 0 aromatic heterocycles. The fourth-order valence-electron chi connectivity index (χ4n) is 2.08. The minimum absolute atomic E-state index is 0.0448. The Kier molecular flexibility index (Phi) is 3.77. The highest BCUT2D eigenvalue weighted by molar-refractivity contribution is 6.31. The molecule has 2 rings (SSSR count). The predicted octanol–water partition coefficient (Wildman–Crippen LogP) is 3.11. The molecule has 0 bridgehead atoms. The summed E-state index contributed by atoms with van der Waals surface area (Å²) in [4.78, 5) is 0. The van der Waals surface area contributed by atoms with Crippen LogP contribution in [-0.2, 0) is 6.42 Å². The lowest BCUT2D eigenvalue weighted by Gasteiger charge is -2.16. The van der Waals surface area contributed by atoms with E-state index in [0.717, 1.165) is 19.4 Å². The number of hydrogen-bond acceptors (Lipinski definition) is 1. The molecule has 0 amide bonds. The van der Waals surface area contributed by atoms with E-state index in [-0.39, 0.29) is 18.0 Å². The first-order valence-electron chi connectivity index (χ1n) is 5.49. The molecule has 1 heterocycles. The summed E-state index contributed by atoms with van der Waals surface area (Å²) in [5.41, 5.74) is 0.283. The summed E-state index contributed by atoms with van der Waals surface area (Å²) < 4.78 is 27.3. The number of nitrogens with one attached hydrogen (secondary N) is 1. The minimum atomic E-state index is -1.07. The molecular formula is C12H14ClF2N. The Labute approximate surface area is 98.8 Å². The summed E-state index contributed by atoms with van der Waals surface area (Å²) in [6.45, 7) is 0.843. The summed E-state index contributed by atoms with van der Waals surface area (Å²) in [6.07, 6.45) is 0.767. The van der Waals surface area contributed by atoms with E-state index in [9.17, 15) is 8.78 Å². The summed E-state index contributed by atoms with van der Waals surface area (Å²) in [5, 5.41) is 3.38. The van der Waals surface area contributed by atoms with Crippen LogP contribution in [0.4, 0.5) is 8.78 Å². The van der Waals surface area contributed by atoms with Gasteiger partial charge in [-0.15, -0.1) is 0 Å². The van der Waals surface area contributed by atoms with Gasteiger partial charge in [-0.2, -0.15) is 0 Å². The maximum atomic E-state index is 13.9. The van der Waals surface area contributed by atoms with Crippen LogP contribution in [0.15, 0.2) is 18.2 Å². The van der Waals surface area contributed by atoms with Crippen LogP contribution in [0.2, 0.25) is 5.02 Å². The summed E-state index contributed by atoms with van der Waals surface area (Å²) >= 11 is 5.85. The Morgan fingerprint density at radius 2 is 2.31 bits per heavy atom. The van der Waals surface area contributed by atoms with Crippen molar-refractivity contribution in [2.75, 3.05) is 6.54 Å². The number of halogens is 3. The van der Waals surface area contributed by atoms with Crippen molar-refractivity contribution in [1.82, 2.24) is 5.32 Å². The lowest BCUT2D eigenvalue weighted by molar-refractivity contribution is 0.261.